The number of nitrogens with one attached hydrogen (secondary N) is 4. The van der Waals surface area contributed by atoms with Gasteiger partial charge in [-0.1, -0.05) is 34.8 Å². The number of amides is 4. The molecule has 0 fully saturated rings. The lowest BCUT2D eigenvalue weighted by Gasteiger charge is -2.18. The van der Waals surface area contributed by atoms with Crippen molar-refractivity contribution in [2.24, 2.45) is 5.73 Å². The number of benzene rings is 1. The summed E-state index contributed by atoms with van der Waals surface area (Å²) in [5.74, 6) is 4.67. The number of hydrogen-bond acceptors (Lipinski definition) is 19. The molecule has 2 heterocycles. The van der Waals surface area contributed by atoms with Crippen LogP contribution in [0.2, 0.25) is 0 Å². The van der Waals surface area contributed by atoms with Crippen molar-refractivity contribution in [1.29, 1.82) is 0 Å². The molecule has 3 aromatic rings. The molecule has 0 bridgehead atoms. The number of anilines is 1. The van der Waals surface area contributed by atoms with Gasteiger partial charge < -0.3 is 74.2 Å². The number of ether oxygens (including phenoxy) is 9. The van der Waals surface area contributed by atoms with Gasteiger partial charge >= 0.3 is 0 Å². The lowest BCUT2D eigenvalue weighted by atomic mass is 10.1. The molecule has 0 aliphatic rings. The molecule has 418 valence electrons. The zero-order chi connectivity index (χ0) is 53.8. The summed E-state index contributed by atoms with van der Waals surface area (Å²) in [4.78, 5) is 57.6. The highest BCUT2D eigenvalue weighted by Gasteiger charge is 2.21. The van der Waals surface area contributed by atoms with Gasteiger partial charge in [0, 0.05) is 37.5 Å². The molecule has 1 aromatic carbocycles. The van der Waals surface area contributed by atoms with Gasteiger partial charge in [0.15, 0.2) is 11.1 Å². The van der Waals surface area contributed by atoms with Crippen molar-refractivity contribution >= 4 is 40.4 Å². The molecule has 25 nitrogen and oxygen atoms in total. The SMILES string of the molecule is Cc1ccc(NC(=O)[C@H](CCCCN)NC(=O)COCC(=O)NCCOCCOCCOCCOCCOCCOCCOCCOCCn2cc(CNC(=O)CCCC#Cc3cnc(CS(=O)O)nc3)nn2)cc1. The van der Waals surface area contributed by atoms with Gasteiger partial charge in [-0.05, 0) is 51.3 Å². The van der Waals surface area contributed by atoms with Crippen LogP contribution < -0.4 is 27.0 Å². The van der Waals surface area contributed by atoms with E-state index in [-0.39, 0.29) is 56.3 Å². The van der Waals surface area contributed by atoms with E-state index in [1.54, 1.807) is 23.0 Å². The number of carbonyl (C=O) groups excluding carboxylic acids is 4. The maximum atomic E-state index is 12.8. The molecule has 75 heavy (non-hydrogen) atoms. The molecule has 4 amide bonds. The molecule has 0 saturated carbocycles. The molecule has 2 aromatic heterocycles. The van der Waals surface area contributed by atoms with E-state index < -0.39 is 28.9 Å². The summed E-state index contributed by atoms with van der Waals surface area (Å²) in [6.07, 6.45) is 7.96. The molecule has 0 aliphatic carbocycles. The van der Waals surface area contributed by atoms with E-state index in [0.29, 0.717) is 161 Å². The Bertz CT molecular complexity index is 2100. The van der Waals surface area contributed by atoms with Crippen molar-refractivity contribution < 1.29 is 70.6 Å². The van der Waals surface area contributed by atoms with Crippen LogP contribution in [-0.2, 0) is 91.7 Å². The zero-order valence-electron chi connectivity index (χ0n) is 43.0. The average Bonchev–Trinajstić information content (AvgIpc) is 3.86. The van der Waals surface area contributed by atoms with Crippen LogP contribution in [0.3, 0.4) is 0 Å². The number of nitrogens with zero attached hydrogens (tertiary/aromatic N) is 5. The minimum atomic E-state index is -2.00. The van der Waals surface area contributed by atoms with Crippen molar-refractivity contribution in [3.05, 3.63) is 65.5 Å². The highest BCUT2D eigenvalue weighted by molar-refractivity contribution is 7.78. The van der Waals surface area contributed by atoms with E-state index in [1.165, 1.54) is 12.4 Å². The fourth-order valence-corrected chi connectivity index (χ4v) is 6.50. The van der Waals surface area contributed by atoms with Crippen molar-refractivity contribution in [2.75, 3.05) is 137 Å². The third-order valence-electron chi connectivity index (χ3n) is 9.97. The van der Waals surface area contributed by atoms with Crippen LogP contribution >= 0.6 is 0 Å². The highest BCUT2D eigenvalue weighted by atomic mass is 32.2. The third-order valence-corrected chi connectivity index (χ3v) is 10.5. The van der Waals surface area contributed by atoms with Gasteiger partial charge in [-0.2, -0.15) is 0 Å². The van der Waals surface area contributed by atoms with Crippen LogP contribution in [0, 0.1) is 18.8 Å². The first-order valence-corrected chi connectivity index (χ1v) is 26.2. The van der Waals surface area contributed by atoms with Crippen molar-refractivity contribution in [3.8, 4) is 11.8 Å². The van der Waals surface area contributed by atoms with Crippen molar-refractivity contribution in [3.63, 3.8) is 0 Å². The lowest BCUT2D eigenvalue weighted by Crippen LogP contribution is -2.45. The van der Waals surface area contributed by atoms with Gasteiger partial charge in [0.05, 0.1) is 131 Å². The molecule has 0 radical (unpaired) electrons. The molecule has 7 N–H and O–H groups in total. The standard InChI is InChI=1S/C49H76N10O15S/c1-40-10-12-42(13-11-40)55-49(63)44(8-5-6-14-50)56-48(62)38-74-37-47(61)51-15-17-66-19-21-68-23-25-70-27-29-72-31-32-73-30-28-71-26-24-69-22-20-67-18-16-59-36-43(57-58-59)35-54-46(60)9-4-2-3-7-41-33-52-45(53-34-41)39-75(64)65/h10-13,33-34,36,44H,2,4-6,8-9,14-32,35,37-39,50H2,1H3,(H,51,61)(H,54,60)(H,55,63)(H,56,62)(H,64,65)/t44-/m0/s1. The Balaban J connectivity index is 0.992. The lowest BCUT2D eigenvalue weighted by molar-refractivity contribution is -0.133. The van der Waals surface area contributed by atoms with Crippen LogP contribution in [0.25, 0.3) is 0 Å². The van der Waals surface area contributed by atoms with Crippen LogP contribution in [0.15, 0.2) is 42.9 Å². The van der Waals surface area contributed by atoms with Crippen LogP contribution in [-0.4, -0.2) is 195 Å². The van der Waals surface area contributed by atoms with E-state index in [4.69, 9.17) is 52.9 Å². The summed E-state index contributed by atoms with van der Waals surface area (Å²) >= 11 is -2.00. The second kappa shape index (κ2) is 42.8. The van der Waals surface area contributed by atoms with Gasteiger partial charge in [-0.3, -0.25) is 19.2 Å². The minimum absolute atomic E-state index is 0.113. The fourth-order valence-electron chi connectivity index (χ4n) is 6.13. The summed E-state index contributed by atoms with van der Waals surface area (Å²) in [6, 6.07) is 6.59. The predicted molar refractivity (Wildman–Crippen MR) is 274 cm³/mol. The summed E-state index contributed by atoms with van der Waals surface area (Å²) in [5.41, 5.74) is 8.51. The Kier molecular flexibility index (Phi) is 36.4. The van der Waals surface area contributed by atoms with Crippen molar-refractivity contribution in [2.45, 2.75) is 70.3 Å². The van der Waals surface area contributed by atoms with E-state index in [9.17, 15) is 23.4 Å². The highest BCUT2D eigenvalue weighted by Crippen LogP contribution is 2.11. The Morgan fingerprint density at radius 3 is 1.84 bits per heavy atom. The molecule has 3 rings (SSSR count). The van der Waals surface area contributed by atoms with E-state index in [2.05, 4.69) is 53.4 Å². The van der Waals surface area contributed by atoms with E-state index >= 15 is 0 Å². The Morgan fingerprint density at radius 1 is 0.707 bits per heavy atom. The second-order valence-corrected chi connectivity index (χ2v) is 17.2. The Hall–Kier alpha value is -5.41. The minimum Gasteiger partial charge on any atom is -0.377 e. The summed E-state index contributed by atoms with van der Waals surface area (Å²) < 4.78 is 70.7. The average molecular weight is 1080 g/mol. The Morgan fingerprint density at radius 2 is 1.27 bits per heavy atom. The zero-order valence-corrected chi connectivity index (χ0v) is 43.8. The third kappa shape index (κ3) is 34.7. The monoisotopic (exact) mass is 1080 g/mol. The molecule has 0 aliphatic heterocycles. The number of unbranched alkanes of at least 4 members (excludes halogenated alkanes) is 2. The maximum absolute atomic E-state index is 12.8. The van der Waals surface area contributed by atoms with Crippen molar-refractivity contribution in [1.82, 2.24) is 40.9 Å². The topological polar surface area (TPSA) is 319 Å². The normalized spacial score (nSPS) is 11.9. The summed E-state index contributed by atoms with van der Waals surface area (Å²) in [6.45, 7) is 9.31. The predicted octanol–water partition coefficient (Wildman–Crippen LogP) is 0.455. The van der Waals surface area contributed by atoms with Gasteiger partial charge in [0.2, 0.25) is 23.6 Å². The first-order chi connectivity index (χ1) is 36.6. The van der Waals surface area contributed by atoms with E-state index in [0.717, 1.165) is 12.0 Å². The van der Waals surface area contributed by atoms with Gasteiger partial charge in [-0.25, -0.2) is 18.9 Å². The fraction of sp³-hybridized carbons (Fsp3) is 0.633. The van der Waals surface area contributed by atoms with Crippen LogP contribution in [0.5, 0.6) is 0 Å². The Labute approximate surface area is 441 Å². The number of aryl methyl sites for hydroxylation is 1. The van der Waals surface area contributed by atoms with E-state index in [1.807, 2.05) is 19.1 Å². The quantitative estimate of drug-likeness (QED) is 0.0254. The largest absolute Gasteiger partial charge is 0.377 e. The number of carbonyl (C=O) groups is 4. The maximum Gasteiger partial charge on any atom is 0.246 e. The number of nitrogens with two attached hydrogens (primary N) is 1. The number of rotatable bonds is 45. The first kappa shape index (κ1) is 63.9. The number of aromatic nitrogens is 5. The second-order valence-electron chi connectivity index (χ2n) is 16.3. The molecule has 0 spiro atoms. The smallest absolute Gasteiger partial charge is 0.246 e. The molecule has 2 atom stereocenters. The van der Waals surface area contributed by atoms with Gasteiger partial charge in [0.25, 0.3) is 0 Å². The molecular formula is C49H76N10O15S. The molecular weight excluding hydrogens is 1000 g/mol. The molecule has 26 heteroatoms. The van der Waals surface area contributed by atoms with Gasteiger partial charge in [0.1, 0.15) is 36.5 Å². The van der Waals surface area contributed by atoms with Crippen LogP contribution in [0.1, 0.15) is 61.2 Å². The first-order valence-electron chi connectivity index (χ1n) is 25.0. The summed E-state index contributed by atoms with van der Waals surface area (Å²) in [7, 11) is 0. The van der Waals surface area contributed by atoms with Gasteiger partial charge in [-0.15, -0.1) is 5.10 Å². The summed E-state index contributed by atoms with van der Waals surface area (Å²) in [5, 5.41) is 19.1. The molecule has 1 unspecified atom stereocenters. The number of hydrogen-bond donors (Lipinski definition) is 6. The molecule has 0 saturated heterocycles. The van der Waals surface area contributed by atoms with Crippen LogP contribution in [0.4, 0.5) is 5.69 Å².